The van der Waals surface area contributed by atoms with Gasteiger partial charge in [0.2, 0.25) is 0 Å². The molecule has 0 amide bonds. The van der Waals surface area contributed by atoms with Gasteiger partial charge in [-0.3, -0.25) is 0 Å². The molecule has 1 fully saturated rings. The van der Waals surface area contributed by atoms with Crippen molar-refractivity contribution in [3.63, 3.8) is 0 Å². The standard InChI is InChI=1S/C10H18N2/c1-3-4-7-11-9-10-6-5-8-12(10)2/h10-11H,5-9H2,1-2H3. The lowest BCUT2D eigenvalue weighted by Gasteiger charge is -2.18. The Morgan fingerprint density at radius 1 is 1.58 bits per heavy atom. The lowest BCUT2D eigenvalue weighted by molar-refractivity contribution is 0.303. The highest BCUT2D eigenvalue weighted by atomic mass is 15.2. The van der Waals surface area contributed by atoms with Gasteiger partial charge in [-0.2, -0.15) is 0 Å². The summed E-state index contributed by atoms with van der Waals surface area (Å²) in [5, 5.41) is 3.34. The Kier molecular flexibility index (Phi) is 4.13. The van der Waals surface area contributed by atoms with Crippen LogP contribution < -0.4 is 5.32 Å². The summed E-state index contributed by atoms with van der Waals surface area (Å²) in [6.45, 7) is 5.06. The molecule has 1 rings (SSSR count). The van der Waals surface area contributed by atoms with Crippen LogP contribution in [0.4, 0.5) is 0 Å². The minimum atomic E-state index is 0.739. The van der Waals surface area contributed by atoms with Crippen LogP contribution >= 0.6 is 0 Å². The molecule has 0 radical (unpaired) electrons. The molecule has 0 saturated carbocycles. The molecule has 0 bridgehead atoms. The topological polar surface area (TPSA) is 15.3 Å². The van der Waals surface area contributed by atoms with Gasteiger partial charge in [0.15, 0.2) is 0 Å². The summed E-state index contributed by atoms with van der Waals surface area (Å²) < 4.78 is 0. The van der Waals surface area contributed by atoms with E-state index in [1.165, 1.54) is 19.4 Å². The summed E-state index contributed by atoms with van der Waals surface area (Å²) >= 11 is 0. The van der Waals surface area contributed by atoms with E-state index in [9.17, 15) is 0 Å². The first-order valence-electron chi connectivity index (χ1n) is 4.65. The fourth-order valence-corrected chi connectivity index (χ4v) is 1.63. The average molecular weight is 166 g/mol. The van der Waals surface area contributed by atoms with E-state index < -0.39 is 0 Å². The number of hydrogen-bond acceptors (Lipinski definition) is 2. The Bertz CT molecular complexity index is 178. The molecular weight excluding hydrogens is 148 g/mol. The van der Waals surface area contributed by atoms with Crippen molar-refractivity contribution < 1.29 is 0 Å². The van der Waals surface area contributed by atoms with E-state index in [0.29, 0.717) is 0 Å². The van der Waals surface area contributed by atoms with Crippen LogP contribution in [0.5, 0.6) is 0 Å². The predicted molar refractivity (Wildman–Crippen MR) is 52.0 cm³/mol. The average Bonchev–Trinajstić information content (AvgIpc) is 2.46. The molecule has 1 saturated heterocycles. The Hall–Kier alpha value is -0.520. The summed E-state index contributed by atoms with van der Waals surface area (Å²) in [5.41, 5.74) is 0. The third kappa shape index (κ3) is 2.84. The van der Waals surface area contributed by atoms with Crippen LogP contribution in [0, 0.1) is 11.8 Å². The van der Waals surface area contributed by atoms with Crippen molar-refractivity contribution in [1.82, 2.24) is 10.2 Å². The van der Waals surface area contributed by atoms with E-state index in [0.717, 1.165) is 19.1 Å². The van der Waals surface area contributed by atoms with Crippen LogP contribution in [0.3, 0.4) is 0 Å². The zero-order chi connectivity index (χ0) is 8.81. The van der Waals surface area contributed by atoms with E-state index in [-0.39, 0.29) is 0 Å². The fraction of sp³-hybridized carbons (Fsp3) is 0.800. The molecule has 0 aliphatic carbocycles. The Morgan fingerprint density at radius 3 is 3.00 bits per heavy atom. The lowest BCUT2D eigenvalue weighted by Crippen LogP contribution is -2.35. The lowest BCUT2D eigenvalue weighted by atomic mass is 10.2. The van der Waals surface area contributed by atoms with E-state index >= 15 is 0 Å². The molecule has 12 heavy (non-hydrogen) atoms. The zero-order valence-electron chi connectivity index (χ0n) is 8.06. The third-order valence-electron chi connectivity index (χ3n) is 2.44. The molecule has 0 aromatic carbocycles. The van der Waals surface area contributed by atoms with Gasteiger partial charge >= 0.3 is 0 Å². The quantitative estimate of drug-likeness (QED) is 0.490. The smallest absolute Gasteiger partial charge is 0.0576 e. The van der Waals surface area contributed by atoms with Crippen molar-refractivity contribution in [2.75, 3.05) is 26.7 Å². The van der Waals surface area contributed by atoms with Crippen molar-refractivity contribution in [3.05, 3.63) is 0 Å². The van der Waals surface area contributed by atoms with Gasteiger partial charge in [-0.1, -0.05) is 5.92 Å². The van der Waals surface area contributed by atoms with Gasteiger partial charge in [-0.25, -0.2) is 0 Å². The fourth-order valence-electron chi connectivity index (χ4n) is 1.63. The first-order chi connectivity index (χ1) is 5.84. The molecule has 0 aromatic heterocycles. The van der Waals surface area contributed by atoms with E-state index in [2.05, 4.69) is 29.1 Å². The van der Waals surface area contributed by atoms with Gasteiger partial charge < -0.3 is 10.2 Å². The molecule has 1 atom stereocenters. The molecule has 1 unspecified atom stereocenters. The molecule has 0 spiro atoms. The first-order valence-corrected chi connectivity index (χ1v) is 4.65. The van der Waals surface area contributed by atoms with E-state index in [1.807, 2.05) is 6.92 Å². The monoisotopic (exact) mass is 166 g/mol. The van der Waals surface area contributed by atoms with Crippen molar-refractivity contribution in [1.29, 1.82) is 0 Å². The van der Waals surface area contributed by atoms with Crippen molar-refractivity contribution in [2.45, 2.75) is 25.8 Å². The van der Waals surface area contributed by atoms with Crippen LogP contribution in [0.1, 0.15) is 19.8 Å². The summed E-state index contributed by atoms with van der Waals surface area (Å²) in [4.78, 5) is 2.42. The van der Waals surface area contributed by atoms with Crippen LogP contribution in [0.15, 0.2) is 0 Å². The van der Waals surface area contributed by atoms with E-state index in [4.69, 9.17) is 0 Å². The highest BCUT2D eigenvalue weighted by Gasteiger charge is 2.19. The minimum absolute atomic E-state index is 0.739. The van der Waals surface area contributed by atoms with E-state index in [1.54, 1.807) is 0 Å². The largest absolute Gasteiger partial charge is 0.305 e. The van der Waals surface area contributed by atoms with Crippen LogP contribution in [0.25, 0.3) is 0 Å². The number of nitrogens with one attached hydrogen (secondary N) is 1. The van der Waals surface area contributed by atoms with Crippen molar-refractivity contribution >= 4 is 0 Å². The molecule has 1 heterocycles. The summed E-state index contributed by atoms with van der Waals surface area (Å²) in [7, 11) is 2.20. The Balaban J connectivity index is 2.08. The van der Waals surface area contributed by atoms with Gasteiger partial charge in [0.25, 0.3) is 0 Å². The first kappa shape index (κ1) is 9.57. The van der Waals surface area contributed by atoms with Crippen LogP contribution in [-0.2, 0) is 0 Å². The molecule has 68 valence electrons. The number of likely N-dealkylation sites (N-methyl/N-ethyl adjacent to an activating group) is 1. The second kappa shape index (κ2) is 5.18. The second-order valence-electron chi connectivity index (χ2n) is 3.33. The molecular formula is C10H18N2. The Labute approximate surface area is 75.3 Å². The van der Waals surface area contributed by atoms with Crippen molar-refractivity contribution in [2.24, 2.45) is 0 Å². The summed E-state index contributed by atoms with van der Waals surface area (Å²) in [5.74, 6) is 5.89. The normalized spacial score (nSPS) is 23.7. The van der Waals surface area contributed by atoms with Crippen molar-refractivity contribution in [3.8, 4) is 11.8 Å². The molecule has 2 heteroatoms. The molecule has 0 aromatic rings. The van der Waals surface area contributed by atoms with Gasteiger partial charge in [-0.15, -0.1) is 5.92 Å². The molecule has 1 N–H and O–H groups in total. The maximum atomic E-state index is 3.34. The SMILES string of the molecule is CC#CCNCC1CCCN1C. The van der Waals surface area contributed by atoms with Crippen LogP contribution in [-0.4, -0.2) is 37.6 Å². The maximum absolute atomic E-state index is 3.34. The third-order valence-corrected chi connectivity index (χ3v) is 2.44. The van der Waals surface area contributed by atoms with Gasteiger partial charge in [0, 0.05) is 12.6 Å². The molecule has 1 aliphatic rings. The minimum Gasteiger partial charge on any atom is -0.305 e. The second-order valence-corrected chi connectivity index (χ2v) is 3.33. The number of rotatable bonds is 3. The zero-order valence-corrected chi connectivity index (χ0v) is 8.06. The number of nitrogens with zero attached hydrogens (tertiary/aromatic N) is 1. The van der Waals surface area contributed by atoms with Gasteiger partial charge in [0.1, 0.15) is 0 Å². The Morgan fingerprint density at radius 2 is 2.42 bits per heavy atom. The molecule has 2 nitrogen and oxygen atoms in total. The van der Waals surface area contributed by atoms with Gasteiger partial charge in [0.05, 0.1) is 6.54 Å². The maximum Gasteiger partial charge on any atom is 0.0576 e. The number of hydrogen-bond donors (Lipinski definition) is 1. The predicted octanol–water partition coefficient (Wildman–Crippen LogP) is 0.694. The highest BCUT2D eigenvalue weighted by molar-refractivity contribution is 4.97. The number of likely N-dealkylation sites (tertiary alicyclic amines) is 1. The summed E-state index contributed by atoms with van der Waals surface area (Å²) in [6, 6.07) is 0.739. The van der Waals surface area contributed by atoms with Crippen LogP contribution in [0.2, 0.25) is 0 Å². The van der Waals surface area contributed by atoms with Gasteiger partial charge in [-0.05, 0) is 33.4 Å². The molecule has 1 aliphatic heterocycles. The summed E-state index contributed by atoms with van der Waals surface area (Å²) in [6.07, 6.45) is 2.69. The highest BCUT2D eigenvalue weighted by Crippen LogP contribution is 2.13.